The van der Waals surface area contributed by atoms with Crippen LogP contribution >= 0.6 is 0 Å². The van der Waals surface area contributed by atoms with Crippen molar-refractivity contribution in [3.8, 4) is 34.5 Å². The number of esters is 1. The number of ether oxygens (including phenoxy) is 6. The Morgan fingerprint density at radius 1 is 0.600 bits per heavy atom. The number of hydrogen-bond donors (Lipinski definition) is 0. The lowest BCUT2D eigenvalue weighted by atomic mass is 10.1. The van der Waals surface area contributed by atoms with Gasteiger partial charge in [0.2, 0.25) is 0 Å². The summed E-state index contributed by atoms with van der Waals surface area (Å²) in [6.07, 6.45) is 0. The predicted octanol–water partition coefficient (Wildman–Crippen LogP) is 2.95. The molecule has 0 saturated carbocycles. The molecule has 2 aromatic carbocycles. The fourth-order valence-electron chi connectivity index (χ4n) is 2.21. The van der Waals surface area contributed by atoms with E-state index in [0.717, 1.165) is 0 Å². The van der Waals surface area contributed by atoms with E-state index in [2.05, 4.69) is 0 Å². The molecule has 0 radical (unpaired) electrons. The first-order chi connectivity index (χ1) is 12.1. The average Bonchev–Trinajstić information content (AvgIpc) is 2.65. The van der Waals surface area contributed by atoms with Crippen LogP contribution in [0.4, 0.5) is 0 Å². The van der Waals surface area contributed by atoms with Crippen LogP contribution in [0, 0.1) is 0 Å². The molecule has 0 aliphatic heterocycles. The van der Waals surface area contributed by atoms with Crippen LogP contribution in [0.2, 0.25) is 0 Å². The van der Waals surface area contributed by atoms with Crippen LogP contribution in [0.5, 0.6) is 34.5 Å². The number of methoxy groups -OCH3 is 5. The van der Waals surface area contributed by atoms with Gasteiger partial charge >= 0.3 is 5.97 Å². The summed E-state index contributed by atoms with van der Waals surface area (Å²) in [4.78, 5) is 12.7. The zero-order valence-electron chi connectivity index (χ0n) is 14.7. The number of carbonyl (C=O) groups excluding carboxylic acids is 1. The normalized spacial score (nSPS) is 9.96. The van der Waals surface area contributed by atoms with E-state index in [1.807, 2.05) is 0 Å². The van der Waals surface area contributed by atoms with E-state index in [1.165, 1.54) is 35.5 Å². The molecule has 7 nitrogen and oxygen atoms in total. The molecule has 0 atom stereocenters. The largest absolute Gasteiger partial charge is 0.496 e. The Labute approximate surface area is 146 Å². The van der Waals surface area contributed by atoms with Crippen LogP contribution in [-0.4, -0.2) is 41.5 Å². The van der Waals surface area contributed by atoms with Gasteiger partial charge in [-0.15, -0.1) is 0 Å². The molecule has 2 aromatic rings. The SMILES string of the molecule is COc1cc(OC)cc(OC(=O)c2c(OC)cc(OC)cc2OC)c1. The topological polar surface area (TPSA) is 72.5 Å². The van der Waals surface area contributed by atoms with E-state index in [9.17, 15) is 4.79 Å². The van der Waals surface area contributed by atoms with Crippen molar-refractivity contribution >= 4 is 5.97 Å². The van der Waals surface area contributed by atoms with Crippen molar-refractivity contribution in [3.05, 3.63) is 35.9 Å². The minimum atomic E-state index is -0.647. The van der Waals surface area contributed by atoms with Crippen molar-refractivity contribution in [2.75, 3.05) is 35.5 Å². The quantitative estimate of drug-likeness (QED) is 0.563. The van der Waals surface area contributed by atoms with Crippen molar-refractivity contribution < 1.29 is 33.2 Å². The molecule has 0 N–H and O–H groups in total. The predicted molar refractivity (Wildman–Crippen MR) is 90.6 cm³/mol. The number of carbonyl (C=O) groups is 1. The van der Waals surface area contributed by atoms with E-state index in [0.29, 0.717) is 17.2 Å². The third-order valence-corrected chi connectivity index (χ3v) is 3.45. The van der Waals surface area contributed by atoms with Crippen molar-refractivity contribution in [1.29, 1.82) is 0 Å². The van der Waals surface area contributed by atoms with Gasteiger partial charge in [-0.25, -0.2) is 4.79 Å². The van der Waals surface area contributed by atoms with Gasteiger partial charge in [-0.2, -0.15) is 0 Å². The summed E-state index contributed by atoms with van der Waals surface area (Å²) in [5.41, 5.74) is 0.146. The molecule has 2 rings (SSSR count). The maximum atomic E-state index is 12.7. The summed E-state index contributed by atoms with van der Waals surface area (Å²) in [6.45, 7) is 0. The summed E-state index contributed by atoms with van der Waals surface area (Å²) in [5.74, 6) is 1.65. The third-order valence-electron chi connectivity index (χ3n) is 3.45. The molecule has 0 heterocycles. The molecule has 0 bridgehead atoms. The second kappa shape index (κ2) is 8.14. The van der Waals surface area contributed by atoms with Crippen molar-refractivity contribution in [1.82, 2.24) is 0 Å². The summed E-state index contributed by atoms with van der Waals surface area (Å²) in [5, 5.41) is 0. The van der Waals surface area contributed by atoms with Gasteiger partial charge < -0.3 is 28.4 Å². The first-order valence-electron chi connectivity index (χ1n) is 7.31. The molecular formula is C18H20O7. The Balaban J connectivity index is 2.41. The summed E-state index contributed by atoms with van der Waals surface area (Å²) < 4.78 is 31.5. The van der Waals surface area contributed by atoms with E-state index in [-0.39, 0.29) is 22.8 Å². The highest BCUT2D eigenvalue weighted by Gasteiger charge is 2.23. The Morgan fingerprint density at radius 3 is 1.40 bits per heavy atom. The van der Waals surface area contributed by atoms with E-state index < -0.39 is 5.97 Å². The first-order valence-corrected chi connectivity index (χ1v) is 7.31. The van der Waals surface area contributed by atoms with E-state index >= 15 is 0 Å². The van der Waals surface area contributed by atoms with Crippen LogP contribution in [0.15, 0.2) is 30.3 Å². The Kier molecular flexibility index (Phi) is 5.94. The van der Waals surface area contributed by atoms with E-state index in [4.69, 9.17) is 28.4 Å². The van der Waals surface area contributed by atoms with Gasteiger partial charge in [0.25, 0.3) is 0 Å². The standard InChI is InChI=1S/C18H20O7/c1-20-11-6-12(21-2)8-14(7-11)25-18(19)17-15(23-4)9-13(22-3)10-16(17)24-5/h6-10H,1-5H3. The summed E-state index contributed by atoms with van der Waals surface area (Å²) >= 11 is 0. The van der Waals surface area contributed by atoms with Crippen LogP contribution < -0.4 is 28.4 Å². The van der Waals surface area contributed by atoms with Gasteiger partial charge in [0.1, 0.15) is 40.1 Å². The lowest BCUT2D eigenvalue weighted by Gasteiger charge is -2.15. The zero-order valence-corrected chi connectivity index (χ0v) is 14.7. The molecule has 134 valence electrons. The van der Waals surface area contributed by atoms with Crippen molar-refractivity contribution in [3.63, 3.8) is 0 Å². The molecule has 25 heavy (non-hydrogen) atoms. The van der Waals surface area contributed by atoms with Gasteiger partial charge in [-0.1, -0.05) is 0 Å². The lowest BCUT2D eigenvalue weighted by Crippen LogP contribution is -2.12. The minimum absolute atomic E-state index is 0.146. The van der Waals surface area contributed by atoms with Crippen molar-refractivity contribution in [2.24, 2.45) is 0 Å². The highest BCUT2D eigenvalue weighted by molar-refractivity contribution is 5.97. The molecule has 0 aliphatic rings. The Bertz CT molecular complexity index is 708. The van der Waals surface area contributed by atoms with Gasteiger partial charge in [0.15, 0.2) is 0 Å². The lowest BCUT2D eigenvalue weighted by molar-refractivity contribution is 0.0727. The highest BCUT2D eigenvalue weighted by atomic mass is 16.5. The fraction of sp³-hybridized carbons (Fsp3) is 0.278. The van der Waals surface area contributed by atoms with E-state index in [1.54, 1.807) is 30.3 Å². The zero-order chi connectivity index (χ0) is 18.4. The Morgan fingerprint density at radius 2 is 1.00 bits per heavy atom. The molecule has 0 unspecified atom stereocenters. The maximum Gasteiger partial charge on any atom is 0.351 e. The van der Waals surface area contributed by atoms with Crippen molar-refractivity contribution in [2.45, 2.75) is 0 Å². The molecule has 0 aliphatic carbocycles. The van der Waals surface area contributed by atoms with Crippen LogP contribution in [0.25, 0.3) is 0 Å². The molecular weight excluding hydrogens is 328 g/mol. The smallest absolute Gasteiger partial charge is 0.351 e. The van der Waals surface area contributed by atoms with Crippen LogP contribution in [-0.2, 0) is 0 Å². The average molecular weight is 348 g/mol. The van der Waals surface area contributed by atoms with Crippen LogP contribution in [0.1, 0.15) is 10.4 Å². The molecule has 0 amide bonds. The van der Waals surface area contributed by atoms with Gasteiger partial charge in [-0.05, 0) is 0 Å². The number of rotatable bonds is 7. The summed E-state index contributed by atoms with van der Waals surface area (Å²) in [6, 6.07) is 7.97. The maximum absolute atomic E-state index is 12.7. The van der Waals surface area contributed by atoms with Gasteiger partial charge in [0.05, 0.1) is 35.5 Å². The second-order valence-electron chi connectivity index (χ2n) is 4.84. The minimum Gasteiger partial charge on any atom is -0.496 e. The third kappa shape index (κ3) is 4.06. The first kappa shape index (κ1) is 18.3. The van der Waals surface area contributed by atoms with Crippen LogP contribution in [0.3, 0.4) is 0 Å². The highest BCUT2D eigenvalue weighted by Crippen LogP contribution is 2.35. The fourth-order valence-corrected chi connectivity index (χ4v) is 2.21. The molecule has 0 spiro atoms. The monoisotopic (exact) mass is 348 g/mol. The Hall–Kier alpha value is -3.09. The number of hydrogen-bond acceptors (Lipinski definition) is 7. The summed E-state index contributed by atoms with van der Waals surface area (Å²) in [7, 11) is 7.42. The molecule has 0 aromatic heterocycles. The van der Waals surface area contributed by atoms with Gasteiger partial charge in [0, 0.05) is 30.3 Å². The van der Waals surface area contributed by atoms with Gasteiger partial charge in [-0.3, -0.25) is 0 Å². The molecule has 0 fully saturated rings. The second-order valence-corrected chi connectivity index (χ2v) is 4.84. The molecule has 0 saturated heterocycles. The molecule has 7 heteroatoms. The number of benzene rings is 2.